The van der Waals surface area contributed by atoms with Crippen LogP contribution in [0.4, 0.5) is 23.4 Å². The average Bonchev–Trinajstić information content (AvgIpc) is 2.39. The monoisotopic (exact) mass is 307 g/mol. The van der Waals surface area contributed by atoms with E-state index in [0.717, 1.165) is 12.3 Å². The molecule has 0 atom stereocenters. The number of anilines is 1. The minimum Gasteiger partial charge on any atom is -0.370 e. The summed E-state index contributed by atoms with van der Waals surface area (Å²) in [6, 6.07) is 1.04. The van der Waals surface area contributed by atoms with Crippen molar-refractivity contribution in [3.63, 3.8) is 0 Å². The van der Waals surface area contributed by atoms with Gasteiger partial charge in [-0.2, -0.15) is 13.2 Å². The van der Waals surface area contributed by atoms with Crippen LogP contribution >= 0.6 is 0 Å². The molecule has 0 aliphatic rings. The highest BCUT2D eigenvalue weighted by molar-refractivity contribution is 5.98. The molecule has 1 aromatic heterocycles. The number of nitrogens with zero attached hydrogens (tertiary/aromatic N) is 1. The van der Waals surface area contributed by atoms with Crippen molar-refractivity contribution in [3.05, 3.63) is 23.6 Å². The second-order valence-electron chi connectivity index (χ2n) is 4.41. The third-order valence-corrected chi connectivity index (χ3v) is 2.62. The molecule has 0 bridgehead atoms. The molecule has 0 aliphatic carbocycles. The van der Waals surface area contributed by atoms with E-state index in [4.69, 9.17) is 0 Å². The fourth-order valence-electron chi connectivity index (χ4n) is 1.67. The van der Waals surface area contributed by atoms with Crippen LogP contribution < -0.4 is 10.6 Å². The summed E-state index contributed by atoms with van der Waals surface area (Å²) in [7, 11) is 0. The molecule has 0 aromatic carbocycles. The Morgan fingerprint density at radius 2 is 2.05 bits per heavy atom. The van der Waals surface area contributed by atoms with Gasteiger partial charge in [0.25, 0.3) is 5.91 Å². The van der Waals surface area contributed by atoms with Crippen molar-refractivity contribution in [1.82, 2.24) is 10.3 Å². The highest BCUT2D eigenvalue weighted by Crippen LogP contribution is 2.21. The van der Waals surface area contributed by atoms with Crippen LogP contribution in [0, 0.1) is 5.82 Å². The Morgan fingerprint density at radius 1 is 1.33 bits per heavy atom. The number of hydrogen-bond acceptors (Lipinski definition) is 3. The van der Waals surface area contributed by atoms with Gasteiger partial charge in [0, 0.05) is 19.5 Å². The zero-order chi connectivity index (χ0) is 15.9. The molecule has 0 spiro atoms. The Labute approximate surface area is 119 Å². The van der Waals surface area contributed by atoms with Crippen LogP contribution in [-0.4, -0.2) is 30.2 Å². The number of alkyl halides is 3. The van der Waals surface area contributed by atoms with E-state index in [1.165, 1.54) is 0 Å². The van der Waals surface area contributed by atoms with Gasteiger partial charge in [-0.1, -0.05) is 0 Å². The van der Waals surface area contributed by atoms with Crippen molar-refractivity contribution in [2.45, 2.75) is 32.4 Å². The number of pyridine rings is 1. The van der Waals surface area contributed by atoms with Gasteiger partial charge in [0.05, 0.1) is 11.8 Å². The minimum absolute atomic E-state index is 0.0349. The van der Waals surface area contributed by atoms with Crippen LogP contribution in [0.1, 0.15) is 36.5 Å². The fraction of sp³-hybridized carbons (Fsp3) is 0.538. The van der Waals surface area contributed by atoms with Gasteiger partial charge in [-0.15, -0.1) is 0 Å². The molecule has 1 aromatic rings. The number of carbonyl (C=O) groups is 1. The van der Waals surface area contributed by atoms with E-state index in [1.54, 1.807) is 6.92 Å². The van der Waals surface area contributed by atoms with Crippen molar-refractivity contribution < 1.29 is 22.4 Å². The summed E-state index contributed by atoms with van der Waals surface area (Å²) in [6.07, 6.45) is -3.95. The highest BCUT2D eigenvalue weighted by atomic mass is 19.4. The van der Waals surface area contributed by atoms with E-state index >= 15 is 0 Å². The first kappa shape index (κ1) is 17.2. The molecule has 118 valence electrons. The lowest BCUT2D eigenvalue weighted by atomic mass is 10.2. The molecule has 1 rings (SSSR count). The number of carbonyl (C=O) groups excluding carboxylic acids is 1. The maximum absolute atomic E-state index is 13.1. The molecule has 4 nitrogen and oxygen atoms in total. The van der Waals surface area contributed by atoms with Gasteiger partial charge >= 0.3 is 6.18 Å². The molecule has 0 fully saturated rings. The first-order chi connectivity index (χ1) is 9.83. The molecular weight excluding hydrogens is 290 g/mol. The highest BCUT2D eigenvalue weighted by Gasteiger charge is 2.25. The van der Waals surface area contributed by atoms with E-state index in [1.807, 2.05) is 0 Å². The first-order valence-corrected chi connectivity index (χ1v) is 6.58. The topological polar surface area (TPSA) is 54.0 Å². The summed E-state index contributed by atoms with van der Waals surface area (Å²) in [5.41, 5.74) is 0.0349. The Bertz CT molecular complexity index is 477. The quantitative estimate of drug-likeness (QED) is 0.601. The standard InChI is InChI=1S/C13H17F4N3O/c1-2-18-11-10(7-9(14)8-20-11)12(21)19-6-4-3-5-13(15,16)17/h7-8H,2-6H2,1H3,(H,18,20)(H,19,21). The number of aromatic nitrogens is 1. The number of halogens is 4. The van der Waals surface area contributed by atoms with E-state index in [2.05, 4.69) is 15.6 Å². The van der Waals surface area contributed by atoms with Crippen molar-refractivity contribution in [2.75, 3.05) is 18.4 Å². The molecule has 1 amide bonds. The van der Waals surface area contributed by atoms with Crippen LogP contribution in [-0.2, 0) is 0 Å². The summed E-state index contributed by atoms with van der Waals surface area (Å²) in [5, 5.41) is 5.28. The summed E-state index contributed by atoms with van der Waals surface area (Å²) in [5.74, 6) is -0.976. The summed E-state index contributed by atoms with van der Waals surface area (Å²) >= 11 is 0. The first-order valence-electron chi connectivity index (χ1n) is 6.58. The molecule has 0 aliphatic heterocycles. The van der Waals surface area contributed by atoms with Gasteiger partial charge in [0.1, 0.15) is 11.6 Å². The van der Waals surface area contributed by atoms with Gasteiger partial charge < -0.3 is 10.6 Å². The maximum atomic E-state index is 13.1. The summed E-state index contributed by atoms with van der Waals surface area (Å²) < 4.78 is 49.0. The predicted octanol–water partition coefficient (Wildman–Crippen LogP) is 3.11. The number of hydrogen-bond donors (Lipinski definition) is 2. The Hall–Kier alpha value is -1.86. The third kappa shape index (κ3) is 6.42. The maximum Gasteiger partial charge on any atom is 0.389 e. The third-order valence-electron chi connectivity index (χ3n) is 2.62. The van der Waals surface area contributed by atoms with Crippen LogP contribution in [0.15, 0.2) is 12.3 Å². The smallest absolute Gasteiger partial charge is 0.370 e. The fourth-order valence-corrected chi connectivity index (χ4v) is 1.67. The number of amides is 1. The summed E-state index contributed by atoms with van der Waals surface area (Å²) in [4.78, 5) is 15.6. The van der Waals surface area contributed by atoms with Crippen LogP contribution in [0.2, 0.25) is 0 Å². The summed E-state index contributed by atoms with van der Waals surface area (Å²) in [6.45, 7) is 2.39. The zero-order valence-electron chi connectivity index (χ0n) is 11.6. The van der Waals surface area contributed by atoms with E-state index < -0.39 is 24.3 Å². The molecule has 2 N–H and O–H groups in total. The Morgan fingerprint density at radius 3 is 2.67 bits per heavy atom. The average molecular weight is 307 g/mol. The lowest BCUT2D eigenvalue weighted by molar-refractivity contribution is -0.135. The Kier molecular flexibility index (Phi) is 6.39. The molecular formula is C13H17F4N3O. The molecule has 0 saturated heterocycles. The molecule has 0 radical (unpaired) electrons. The molecule has 0 saturated carbocycles. The van der Waals surface area contributed by atoms with Gasteiger partial charge in [-0.05, 0) is 25.8 Å². The second-order valence-corrected chi connectivity index (χ2v) is 4.41. The van der Waals surface area contributed by atoms with Crippen molar-refractivity contribution in [1.29, 1.82) is 0 Å². The van der Waals surface area contributed by atoms with Gasteiger partial charge in [-0.3, -0.25) is 4.79 Å². The number of rotatable bonds is 7. The largest absolute Gasteiger partial charge is 0.389 e. The number of unbranched alkanes of at least 4 members (excludes halogenated alkanes) is 1. The van der Waals surface area contributed by atoms with Crippen molar-refractivity contribution in [2.24, 2.45) is 0 Å². The zero-order valence-corrected chi connectivity index (χ0v) is 11.6. The normalized spacial score (nSPS) is 11.3. The predicted molar refractivity (Wildman–Crippen MR) is 70.6 cm³/mol. The van der Waals surface area contributed by atoms with Gasteiger partial charge in [0.2, 0.25) is 0 Å². The second kappa shape index (κ2) is 7.80. The lowest BCUT2D eigenvalue weighted by Gasteiger charge is -2.10. The Balaban J connectivity index is 2.50. The number of nitrogens with one attached hydrogen (secondary N) is 2. The van der Waals surface area contributed by atoms with Crippen LogP contribution in [0.3, 0.4) is 0 Å². The van der Waals surface area contributed by atoms with E-state index in [9.17, 15) is 22.4 Å². The van der Waals surface area contributed by atoms with E-state index in [0.29, 0.717) is 6.54 Å². The van der Waals surface area contributed by atoms with Crippen LogP contribution in [0.5, 0.6) is 0 Å². The van der Waals surface area contributed by atoms with Gasteiger partial charge in [-0.25, -0.2) is 9.37 Å². The SMILES string of the molecule is CCNc1ncc(F)cc1C(=O)NCCCCC(F)(F)F. The molecule has 21 heavy (non-hydrogen) atoms. The van der Waals surface area contributed by atoms with Gasteiger partial charge in [0.15, 0.2) is 0 Å². The van der Waals surface area contributed by atoms with Crippen LogP contribution in [0.25, 0.3) is 0 Å². The van der Waals surface area contributed by atoms with Crippen molar-refractivity contribution >= 4 is 11.7 Å². The lowest BCUT2D eigenvalue weighted by Crippen LogP contribution is -2.26. The molecule has 0 unspecified atom stereocenters. The van der Waals surface area contributed by atoms with Crippen molar-refractivity contribution in [3.8, 4) is 0 Å². The molecule has 1 heterocycles. The minimum atomic E-state index is -4.19. The molecule has 8 heteroatoms. The van der Waals surface area contributed by atoms with E-state index in [-0.39, 0.29) is 30.8 Å².